The smallest absolute Gasteiger partial charge is 0.243 e. The number of primary amides is 2. The number of hydrogen-bond acceptors (Lipinski definition) is 13. The molecule has 2 aromatic heterocycles. The number of fused-ring (bicyclic) bond motifs is 1. The summed E-state index contributed by atoms with van der Waals surface area (Å²) >= 11 is 1.57. The van der Waals surface area contributed by atoms with Crippen molar-refractivity contribution < 1.29 is 43.2 Å². The van der Waals surface area contributed by atoms with Crippen LogP contribution in [0.4, 0.5) is 0 Å². The number of H-pyrrole nitrogens is 2. The van der Waals surface area contributed by atoms with Crippen LogP contribution in [0, 0.1) is 11.8 Å². The van der Waals surface area contributed by atoms with E-state index < -0.39 is 108 Å². The van der Waals surface area contributed by atoms with Crippen molar-refractivity contribution in [2.75, 3.05) is 24.7 Å². The van der Waals surface area contributed by atoms with E-state index in [1.807, 2.05) is 49.1 Å². The molecule has 406 valence electrons. The first kappa shape index (κ1) is 58.6. The molecule has 3 heterocycles. The summed E-state index contributed by atoms with van der Waals surface area (Å²) in [6.45, 7) is 8.56. The monoisotopic (exact) mass is 1060 g/mol. The molecule has 0 spiro atoms. The second-order valence-corrected chi connectivity index (χ2v) is 20.6. The number of para-hydroxylation sites is 1. The molecule has 5 rings (SSSR count). The number of carbonyl (C=O) groups excluding carboxylic acids is 9. The third-order valence-corrected chi connectivity index (χ3v) is 13.7. The summed E-state index contributed by atoms with van der Waals surface area (Å²) in [5, 5.41) is 19.7. The Kier molecular flexibility index (Phi) is 22.2. The van der Waals surface area contributed by atoms with E-state index in [1.54, 1.807) is 56.1 Å². The van der Waals surface area contributed by atoms with Gasteiger partial charge >= 0.3 is 0 Å². The Morgan fingerprint density at radius 1 is 0.733 bits per heavy atom. The van der Waals surface area contributed by atoms with Gasteiger partial charge in [-0.25, -0.2) is 4.98 Å². The molecular formula is C51H72N14O9S. The highest BCUT2D eigenvalue weighted by atomic mass is 32.2. The van der Waals surface area contributed by atoms with Crippen LogP contribution >= 0.6 is 11.8 Å². The van der Waals surface area contributed by atoms with Crippen molar-refractivity contribution in [1.82, 2.24) is 57.1 Å². The highest BCUT2D eigenvalue weighted by Crippen LogP contribution is 2.23. The fourth-order valence-corrected chi connectivity index (χ4v) is 9.81. The molecule has 15 N–H and O–H groups in total. The van der Waals surface area contributed by atoms with Crippen LogP contribution in [0.15, 0.2) is 73.3 Å². The molecule has 1 aliphatic heterocycles. The van der Waals surface area contributed by atoms with Crippen molar-refractivity contribution in [1.29, 1.82) is 0 Å². The largest absolute Gasteiger partial charge is 0.370 e. The fourth-order valence-electron chi connectivity index (χ4n) is 8.59. The van der Waals surface area contributed by atoms with Crippen molar-refractivity contribution in [3.63, 3.8) is 0 Å². The van der Waals surface area contributed by atoms with Crippen LogP contribution in [0.1, 0.15) is 70.7 Å². The van der Waals surface area contributed by atoms with Gasteiger partial charge in [0.1, 0.15) is 30.2 Å². The lowest BCUT2D eigenvalue weighted by Gasteiger charge is -2.30. The minimum Gasteiger partial charge on any atom is -0.370 e. The van der Waals surface area contributed by atoms with Gasteiger partial charge in [0.05, 0.1) is 25.0 Å². The molecule has 23 nitrogen and oxygen atoms in total. The molecule has 0 radical (unpaired) electrons. The quantitative estimate of drug-likeness (QED) is 0.0315. The summed E-state index contributed by atoms with van der Waals surface area (Å²) in [4.78, 5) is 132. The van der Waals surface area contributed by atoms with Gasteiger partial charge in [-0.05, 0) is 55.2 Å². The van der Waals surface area contributed by atoms with Crippen LogP contribution in [0.2, 0.25) is 0 Å². The Morgan fingerprint density at radius 2 is 1.40 bits per heavy atom. The van der Waals surface area contributed by atoms with E-state index in [0.717, 1.165) is 16.5 Å². The molecule has 1 unspecified atom stereocenters. The molecule has 1 saturated heterocycles. The number of nitrogens with zero attached hydrogens (tertiary/aromatic N) is 2. The molecule has 8 atom stereocenters. The van der Waals surface area contributed by atoms with Gasteiger partial charge in [0.2, 0.25) is 53.2 Å². The van der Waals surface area contributed by atoms with Crippen LogP contribution in [0.25, 0.3) is 10.9 Å². The minimum absolute atomic E-state index is 0.0420. The van der Waals surface area contributed by atoms with E-state index in [-0.39, 0.29) is 44.1 Å². The van der Waals surface area contributed by atoms with E-state index in [4.69, 9.17) is 17.2 Å². The fraction of sp³-hybridized carbons (Fsp3) is 0.490. The van der Waals surface area contributed by atoms with Crippen LogP contribution in [-0.2, 0) is 62.4 Å². The first-order chi connectivity index (χ1) is 35.7. The van der Waals surface area contributed by atoms with Crippen molar-refractivity contribution in [3.05, 3.63) is 90.1 Å². The number of carbonyl (C=O) groups is 9. The SMILES string of the molecule is CC(C)C[C@H](CN1CSCC1C(N)=O)NC(=O)[C@H](Cc1cnc[nH]1)NC(=O)CNC(=O)[C@@H](NC(=O)[C@@H](C)NC(=O)[C@H](Cc1c[nH]c2ccccc12)NC(=O)[C@@H](CCC(N)=O)NC(=O)[C@@H](N)Cc1ccccc1)C(C)C. The van der Waals surface area contributed by atoms with E-state index in [1.165, 1.54) is 19.4 Å². The van der Waals surface area contributed by atoms with E-state index >= 15 is 0 Å². The number of amides is 9. The third-order valence-electron chi connectivity index (χ3n) is 12.6. The first-order valence-corrected chi connectivity index (χ1v) is 26.1. The number of aromatic amines is 2. The van der Waals surface area contributed by atoms with E-state index in [9.17, 15) is 43.2 Å². The molecule has 1 fully saturated rings. The van der Waals surface area contributed by atoms with Gasteiger partial charge in [-0.3, -0.25) is 48.1 Å². The van der Waals surface area contributed by atoms with Crippen LogP contribution in [-0.4, -0.2) is 146 Å². The summed E-state index contributed by atoms with van der Waals surface area (Å²) in [6.07, 6.45) is 4.88. The Balaban J connectivity index is 1.23. The highest BCUT2D eigenvalue weighted by molar-refractivity contribution is 7.99. The average molecular weight is 1060 g/mol. The van der Waals surface area contributed by atoms with Gasteiger partial charge in [-0.2, -0.15) is 0 Å². The summed E-state index contributed by atoms with van der Waals surface area (Å²) in [6, 6.07) is 8.18. The topological polar surface area (TPSA) is 364 Å². The zero-order chi connectivity index (χ0) is 54.8. The molecule has 0 aliphatic carbocycles. The zero-order valence-corrected chi connectivity index (χ0v) is 43.8. The number of hydrogen-bond donors (Lipinski definition) is 12. The lowest BCUT2D eigenvalue weighted by Crippen LogP contribution is -2.59. The number of imidazole rings is 1. The Morgan fingerprint density at radius 3 is 2.07 bits per heavy atom. The summed E-state index contributed by atoms with van der Waals surface area (Å²) in [5.41, 5.74) is 20.1. The number of nitrogens with one attached hydrogen (secondary N) is 9. The Bertz CT molecular complexity index is 2590. The van der Waals surface area contributed by atoms with Crippen molar-refractivity contribution >= 4 is 75.8 Å². The Labute approximate surface area is 439 Å². The normalized spacial score (nSPS) is 16.4. The van der Waals surface area contributed by atoms with Crippen LogP contribution in [0.5, 0.6) is 0 Å². The Hall–Kier alpha value is -7.31. The number of aromatic nitrogens is 3. The van der Waals surface area contributed by atoms with Gasteiger partial charge < -0.3 is 64.4 Å². The summed E-state index contributed by atoms with van der Waals surface area (Å²) in [7, 11) is 0. The van der Waals surface area contributed by atoms with Gasteiger partial charge in [-0.1, -0.05) is 76.2 Å². The number of nitrogens with two attached hydrogens (primary N) is 3. The van der Waals surface area contributed by atoms with E-state index in [0.29, 0.717) is 35.9 Å². The second-order valence-electron chi connectivity index (χ2n) is 19.6. The zero-order valence-electron chi connectivity index (χ0n) is 43.0. The van der Waals surface area contributed by atoms with Gasteiger partial charge in [0, 0.05) is 72.5 Å². The molecular weight excluding hydrogens is 985 g/mol. The van der Waals surface area contributed by atoms with Crippen LogP contribution < -0.4 is 54.4 Å². The van der Waals surface area contributed by atoms with Crippen LogP contribution in [0.3, 0.4) is 0 Å². The summed E-state index contributed by atoms with van der Waals surface area (Å²) < 4.78 is 0. The lowest BCUT2D eigenvalue weighted by molar-refractivity contribution is -0.135. The maximum absolute atomic E-state index is 14.2. The number of rotatable bonds is 29. The van der Waals surface area contributed by atoms with Gasteiger partial charge in [-0.15, -0.1) is 11.8 Å². The average Bonchev–Trinajstić information content (AvgIpc) is 4.15. The highest BCUT2D eigenvalue weighted by Gasteiger charge is 2.35. The molecule has 1 aliphatic rings. The second kappa shape index (κ2) is 28.4. The number of benzene rings is 2. The lowest BCUT2D eigenvalue weighted by atomic mass is 10.0. The molecule has 2 aromatic carbocycles. The van der Waals surface area contributed by atoms with Gasteiger partial charge in [0.15, 0.2) is 0 Å². The molecule has 4 aromatic rings. The maximum Gasteiger partial charge on any atom is 0.243 e. The van der Waals surface area contributed by atoms with Crippen molar-refractivity contribution in [2.24, 2.45) is 29.0 Å². The molecule has 0 bridgehead atoms. The maximum atomic E-state index is 14.2. The molecule has 24 heteroatoms. The standard InChI is InChI=1S/C51H72N14O9S/c1-28(2)17-34(24-65-27-75-25-41(65)45(54)68)60-50(73)40(20-33-22-55-26-58-33)61-43(67)23-57-51(74)44(29(3)4)64-46(69)30(5)59-49(72)39(19-32-21-56-37-14-10-9-13-35(32)37)63-48(71)38(15-16-42(53)66)62-47(70)36(52)18-31-11-7-6-8-12-31/h6-14,21-22,26,28-30,34,36,38-41,44,56H,15-20,23-25,27,52H2,1-5H3,(H2,53,66)(H2,54,68)(H,55,58)(H,57,74)(H,59,72)(H,60,73)(H,61,67)(H,62,70)(H,63,71)(H,64,69)/t30-,34-,36+,38-,39+,40+,41?,44+/m1/s1. The van der Waals surface area contributed by atoms with E-state index in [2.05, 4.69) is 52.2 Å². The van der Waals surface area contributed by atoms with Crippen molar-refractivity contribution in [2.45, 2.75) is 121 Å². The predicted molar refractivity (Wildman–Crippen MR) is 282 cm³/mol. The molecule has 9 amide bonds. The van der Waals surface area contributed by atoms with Gasteiger partial charge in [0.25, 0.3) is 0 Å². The molecule has 0 saturated carbocycles. The third kappa shape index (κ3) is 18.2. The minimum atomic E-state index is -1.33. The first-order valence-electron chi connectivity index (χ1n) is 25.0. The van der Waals surface area contributed by atoms with Crippen molar-refractivity contribution in [3.8, 4) is 0 Å². The molecule has 75 heavy (non-hydrogen) atoms. The summed E-state index contributed by atoms with van der Waals surface area (Å²) in [5.74, 6) is -5.31. The number of thioether (sulfide) groups is 1. The predicted octanol–water partition coefficient (Wildman–Crippen LogP) is -0.881.